The molecule has 1 aliphatic rings. The van der Waals surface area contributed by atoms with Gasteiger partial charge in [0.25, 0.3) is 5.56 Å². The first-order valence-corrected chi connectivity index (χ1v) is 8.50. The average Bonchev–Trinajstić information content (AvgIpc) is 2.67. The van der Waals surface area contributed by atoms with Gasteiger partial charge in [0, 0.05) is 19.3 Å². The highest BCUT2D eigenvalue weighted by atomic mass is 16.5. The Kier molecular flexibility index (Phi) is 4.54. The van der Waals surface area contributed by atoms with Gasteiger partial charge in [-0.15, -0.1) is 0 Å². The number of fused-ring (bicyclic) bond motifs is 1. The van der Waals surface area contributed by atoms with Crippen molar-refractivity contribution in [2.75, 3.05) is 26.3 Å². The first kappa shape index (κ1) is 15.9. The van der Waals surface area contributed by atoms with Gasteiger partial charge in [-0.2, -0.15) is 0 Å². The van der Waals surface area contributed by atoms with Gasteiger partial charge in [-0.1, -0.05) is 30.3 Å². The Hall–Kier alpha value is -2.57. The molecule has 0 amide bonds. The second kappa shape index (κ2) is 7.13. The number of ether oxygens (including phenoxy) is 1. The highest BCUT2D eigenvalue weighted by molar-refractivity contribution is 5.72. The smallest absolute Gasteiger partial charge is 0.280 e. The zero-order valence-electron chi connectivity index (χ0n) is 14.0. The van der Waals surface area contributed by atoms with Crippen molar-refractivity contribution in [3.63, 3.8) is 0 Å². The van der Waals surface area contributed by atoms with Crippen LogP contribution >= 0.6 is 0 Å². The topological polar surface area (TPSA) is 60.3 Å². The molecule has 6 heteroatoms. The number of benzene rings is 1. The molecule has 6 nitrogen and oxygen atoms in total. The van der Waals surface area contributed by atoms with Crippen molar-refractivity contribution >= 4 is 11.0 Å². The maximum absolute atomic E-state index is 13.0. The summed E-state index contributed by atoms with van der Waals surface area (Å²) in [6.07, 6.45) is 1.64. The lowest BCUT2D eigenvalue weighted by atomic mass is 10.2. The van der Waals surface area contributed by atoms with Crippen LogP contribution in [0, 0.1) is 0 Å². The van der Waals surface area contributed by atoms with Crippen LogP contribution in [-0.2, 0) is 17.8 Å². The molecule has 128 valence electrons. The van der Waals surface area contributed by atoms with E-state index in [4.69, 9.17) is 9.72 Å². The summed E-state index contributed by atoms with van der Waals surface area (Å²) in [6, 6.07) is 13.6. The van der Waals surface area contributed by atoms with Gasteiger partial charge in [0.1, 0.15) is 5.82 Å². The molecule has 0 spiro atoms. The molecular weight excluding hydrogens is 316 g/mol. The molecule has 0 saturated carbocycles. The first-order chi connectivity index (χ1) is 12.3. The van der Waals surface area contributed by atoms with Crippen LogP contribution in [0.3, 0.4) is 0 Å². The van der Waals surface area contributed by atoms with Crippen molar-refractivity contribution in [3.05, 3.63) is 70.4 Å². The minimum absolute atomic E-state index is 0.0855. The van der Waals surface area contributed by atoms with E-state index in [1.807, 2.05) is 42.5 Å². The SMILES string of the molecule is O=c1c2ncccc2nc(CN2CCOCC2)n1Cc1ccccc1. The number of pyridine rings is 1. The van der Waals surface area contributed by atoms with E-state index in [0.717, 1.165) is 37.7 Å². The zero-order valence-corrected chi connectivity index (χ0v) is 14.0. The van der Waals surface area contributed by atoms with E-state index >= 15 is 0 Å². The van der Waals surface area contributed by atoms with Gasteiger partial charge in [0.05, 0.1) is 31.8 Å². The zero-order chi connectivity index (χ0) is 17.1. The third kappa shape index (κ3) is 3.45. The van der Waals surface area contributed by atoms with E-state index in [2.05, 4.69) is 9.88 Å². The summed E-state index contributed by atoms with van der Waals surface area (Å²) in [7, 11) is 0. The van der Waals surface area contributed by atoms with Gasteiger partial charge >= 0.3 is 0 Å². The second-order valence-electron chi connectivity index (χ2n) is 6.16. The fraction of sp³-hybridized carbons (Fsp3) is 0.316. The molecule has 3 heterocycles. The van der Waals surface area contributed by atoms with Crippen molar-refractivity contribution in [2.24, 2.45) is 0 Å². The van der Waals surface area contributed by atoms with Crippen LogP contribution in [0.15, 0.2) is 53.5 Å². The molecule has 25 heavy (non-hydrogen) atoms. The molecule has 1 aromatic carbocycles. The Bertz CT molecular complexity index is 918. The fourth-order valence-corrected chi connectivity index (χ4v) is 3.11. The van der Waals surface area contributed by atoms with Crippen molar-refractivity contribution < 1.29 is 4.74 Å². The standard InChI is InChI=1S/C19H20N4O2/c24-19-18-16(7-4-8-20-18)21-17(14-22-9-11-25-12-10-22)23(19)13-15-5-2-1-3-6-15/h1-8H,9-14H2. The third-order valence-corrected chi connectivity index (χ3v) is 4.45. The van der Waals surface area contributed by atoms with Crippen molar-refractivity contribution in [1.82, 2.24) is 19.4 Å². The van der Waals surface area contributed by atoms with Gasteiger partial charge in [0.2, 0.25) is 0 Å². The molecule has 4 rings (SSSR count). The molecule has 1 saturated heterocycles. The minimum atomic E-state index is -0.0855. The lowest BCUT2D eigenvalue weighted by Gasteiger charge is -2.27. The number of aromatic nitrogens is 3. The molecule has 3 aromatic rings. The molecule has 0 radical (unpaired) electrons. The van der Waals surface area contributed by atoms with Crippen LogP contribution in [0.5, 0.6) is 0 Å². The summed E-state index contributed by atoms with van der Waals surface area (Å²) < 4.78 is 7.17. The number of morpholine rings is 1. The Morgan fingerprint density at radius 3 is 2.60 bits per heavy atom. The molecule has 0 aliphatic carbocycles. The summed E-state index contributed by atoms with van der Waals surface area (Å²) in [5.74, 6) is 0.774. The fourth-order valence-electron chi connectivity index (χ4n) is 3.11. The Morgan fingerprint density at radius 2 is 1.80 bits per heavy atom. The Morgan fingerprint density at radius 1 is 1.00 bits per heavy atom. The molecular formula is C19H20N4O2. The largest absolute Gasteiger partial charge is 0.379 e. The van der Waals surface area contributed by atoms with Crippen LogP contribution in [0.1, 0.15) is 11.4 Å². The van der Waals surface area contributed by atoms with Crippen LogP contribution in [0.4, 0.5) is 0 Å². The lowest BCUT2D eigenvalue weighted by Crippen LogP contribution is -2.38. The summed E-state index contributed by atoms with van der Waals surface area (Å²) in [4.78, 5) is 24.3. The Labute approximate surface area is 145 Å². The number of hydrogen-bond acceptors (Lipinski definition) is 5. The number of rotatable bonds is 4. The molecule has 0 bridgehead atoms. The van der Waals surface area contributed by atoms with E-state index < -0.39 is 0 Å². The first-order valence-electron chi connectivity index (χ1n) is 8.50. The maximum Gasteiger partial charge on any atom is 0.280 e. The van der Waals surface area contributed by atoms with Gasteiger partial charge in [-0.25, -0.2) is 9.97 Å². The van der Waals surface area contributed by atoms with E-state index in [1.165, 1.54) is 0 Å². The summed E-state index contributed by atoms with van der Waals surface area (Å²) >= 11 is 0. The molecule has 0 unspecified atom stereocenters. The van der Waals surface area contributed by atoms with E-state index in [9.17, 15) is 4.79 Å². The van der Waals surface area contributed by atoms with E-state index in [0.29, 0.717) is 24.1 Å². The van der Waals surface area contributed by atoms with Crippen LogP contribution in [-0.4, -0.2) is 45.7 Å². The van der Waals surface area contributed by atoms with Crippen molar-refractivity contribution in [1.29, 1.82) is 0 Å². The van der Waals surface area contributed by atoms with Gasteiger partial charge < -0.3 is 4.74 Å². The van der Waals surface area contributed by atoms with Crippen LogP contribution < -0.4 is 5.56 Å². The molecule has 1 fully saturated rings. The Balaban J connectivity index is 1.77. The van der Waals surface area contributed by atoms with Crippen molar-refractivity contribution in [3.8, 4) is 0 Å². The molecule has 1 aliphatic heterocycles. The number of nitrogens with zero attached hydrogens (tertiary/aromatic N) is 4. The monoisotopic (exact) mass is 336 g/mol. The van der Waals surface area contributed by atoms with Crippen molar-refractivity contribution in [2.45, 2.75) is 13.1 Å². The normalized spacial score (nSPS) is 15.5. The number of hydrogen-bond donors (Lipinski definition) is 0. The molecule has 2 aromatic heterocycles. The molecule has 0 atom stereocenters. The average molecular weight is 336 g/mol. The van der Waals surface area contributed by atoms with Crippen LogP contribution in [0.25, 0.3) is 11.0 Å². The molecule has 0 N–H and O–H groups in total. The third-order valence-electron chi connectivity index (χ3n) is 4.45. The van der Waals surface area contributed by atoms with Gasteiger partial charge in [-0.05, 0) is 17.7 Å². The van der Waals surface area contributed by atoms with Crippen LogP contribution in [0.2, 0.25) is 0 Å². The highest BCUT2D eigenvalue weighted by Gasteiger charge is 2.17. The summed E-state index contributed by atoms with van der Waals surface area (Å²) in [5, 5.41) is 0. The summed E-state index contributed by atoms with van der Waals surface area (Å²) in [6.45, 7) is 4.28. The lowest BCUT2D eigenvalue weighted by molar-refractivity contribution is 0.0325. The van der Waals surface area contributed by atoms with Gasteiger partial charge in [-0.3, -0.25) is 14.3 Å². The predicted molar refractivity (Wildman–Crippen MR) is 95.4 cm³/mol. The quantitative estimate of drug-likeness (QED) is 0.725. The summed E-state index contributed by atoms with van der Waals surface area (Å²) in [5.41, 5.74) is 2.06. The highest BCUT2D eigenvalue weighted by Crippen LogP contribution is 2.11. The maximum atomic E-state index is 13.0. The van der Waals surface area contributed by atoms with E-state index in [1.54, 1.807) is 10.8 Å². The van der Waals surface area contributed by atoms with Gasteiger partial charge in [0.15, 0.2) is 5.52 Å². The minimum Gasteiger partial charge on any atom is -0.379 e. The van der Waals surface area contributed by atoms with E-state index in [-0.39, 0.29) is 5.56 Å². The predicted octanol–water partition coefficient (Wildman–Crippen LogP) is 1.67. The second-order valence-corrected chi connectivity index (χ2v) is 6.16.